The van der Waals surface area contributed by atoms with Gasteiger partial charge in [-0.2, -0.15) is 0 Å². The van der Waals surface area contributed by atoms with E-state index in [0.29, 0.717) is 5.65 Å². The molecule has 1 aromatic carbocycles. The summed E-state index contributed by atoms with van der Waals surface area (Å²) in [6.45, 7) is 7.18. The second-order valence-corrected chi connectivity index (χ2v) is 5.91. The minimum Gasteiger partial charge on any atom is -0.353 e. The van der Waals surface area contributed by atoms with E-state index >= 15 is 0 Å². The van der Waals surface area contributed by atoms with Crippen molar-refractivity contribution in [2.75, 3.05) is 31.1 Å². The molecule has 1 aliphatic heterocycles. The summed E-state index contributed by atoms with van der Waals surface area (Å²) in [5.41, 5.74) is 3.45. The number of hydrogen-bond acceptors (Lipinski definition) is 6. The van der Waals surface area contributed by atoms with Gasteiger partial charge in [0, 0.05) is 32.7 Å². The van der Waals surface area contributed by atoms with E-state index in [4.69, 9.17) is 0 Å². The van der Waals surface area contributed by atoms with Crippen LogP contribution in [0.25, 0.3) is 5.65 Å². The third-order valence-electron chi connectivity index (χ3n) is 4.41. The molecule has 23 heavy (non-hydrogen) atoms. The summed E-state index contributed by atoms with van der Waals surface area (Å²) in [6.07, 6.45) is 0. The number of piperazine rings is 1. The molecular weight excluding hydrogens is 290 g/mol. The van der Waals surface area contributed by atoms with E-state index in [1.54, 1.807) is 0 Å². The fraction of sp³-hybridized carbons (Fsp3) is 0.375. The topological polar surface area (TPSA) is 62.5 Å². The molecule has 0 spiro atoms. The normalized spacial score (nSPS) is 16.1. The van der Waals surface area contributed by atoms with Gasteiger partial charge in [0.2, 0.25) is 0 Å². The Hall–Kier alpha value is -2.54. The molecular formula is C16H19N7. The first-order valence-corrected chi connectivity index (χ1v) is 7.87. The predicted molar refractivity (Wildman–Crippen MR) is 87.2 cm³/mol. The van der Waals surface area contributed by atoms with Gasteiger partial charge in [-0.25, -0.2) is 0 Å². The summed E-state index contributed by atoms with van der Waals surface area (Å²) >= 11 is 0. The molecule has 0 aliphatic carbocycles. The lowest BCUT2D eigenvalue weighted by molar-refractivity contribution is 0.248. The van der Waals surface area contributed by atoms with Crippen LogP contribution >= 0.6 is 0 Å². The quantitative estimate of drug-likeness (QED) is 0.723. The first-order valence-electron chi connectivity index (χ1n) is 7.87. The third kappa shape index (κ3) is 2.87. The summed E-state index contributed by atoms with van der Waals surface area (Å²) in [7, 11) is 0. The second-order valence-electron chi connectivity index (χ2n) is 5.91. The van der Waals surface area contributed by atoms with E-state index < -0.39 is 0 Å². The molecule has 1 fully saturated rings. The van der Waals surface area contributed by atoms with Gasteiger partial charge in [0.05, 0.1) is 0 Å². The highest BCUT2D eigenvalue weighted by Gasteiger charge is 2.19. The maximum Gasteiger partial charge on any atom is 0.200 e. The van der Waals surface area contributed by atoms with Crippen molar-refractivity contribution in [1.29, 1.82) is 0 Å². The second kappa shape index (κ2) is 5.92. The Morgan fingerprint density at radius 1 is 1.00 bits per heavy atom. The number of hydrogen-bond donors (Lipinski definition) is 0. The van der Waals surface area contributed by atoms with Crippen LogP contribution in [0.3, 0.4) is 0 Å². The number of benzene rings is 1. The number of tetrazole rings is 1. The van der Waals surface area contributed by atoms with Crippen LogP contribution in [0.15, 0.2) is 36.4 Å². The molecule has 2 aromatic heterocycles. The van der Waals surface area contributed by atoms with E-state index in [0.717, 1.165) is 38.5 Å². The third-order valence-corrected chi connectivity index (χ3v) is 4.41. The fourth-order valence-electron chi connectivity index (χ4n) is 2.97. The molecule has 0 atom stereocenters. The summed E-state index contributed by atoms with van der Waals surface area (Å²) in [4.78, 5) is 4.78. The number of nitrogens with zero attached hydrogens (tertiary/aromatic N) is 7. The van der Waals surface area contributed by atoms with Crippen molar-refractivity contribution in [2.24, 2.45) is 0 Å². The lowest BCUT2D eigenvalue weighted by Gasteiger charge is -2.35. The molecule has 7 heteroatoms. The zero-order valence-electron chi connectivity index (χ0n) is 13.1. The van der Waals surface area contributed by atoms with Gasteiger partial charge in [0.25, 0.3) is 0 Å². The van der Waals surface area contributed by atoms with E-state index in [-0.39, 0.29) is 0 Å². The summed E-state index contributed by atoms with van der Waals surface area (Å²) < 4.78 is 1.48. The standard InChI is InChI=1S/C16H19N7/c1-13-4-2-3-5-14(13)12-21-8-10-22(11-9-21)16-7-6-15-17-19-20-23(15)18-16/h2-7H,8-12H2,1H3. The van der Waals surface area contributed by atoms with Gasteiger partial charge in [0.1, 0.15) is 0 Å². The van der Waals surface area contributed by atoms with Gasteiger partial charge in [-0.1, -0.05) is 24.3 Å². The van der Waals surface area contributed by atoms with Gasteiger partial charge in [-0.3, -0.25) is 4.90 Å². The number of rotatable bonds is 3. The van der Waals surface area contributed by atoms with Gasteiger partial charge in [0.15, 0.2) is 11.5 Å². The van der Waals surface area contributed by atoms with Crippen molar-refractivity contribution >= 4 is 11.5 Å². The summed E-state index contributed by atoms with van der Waals surface area (Å²) in [6, 6.07) is 12.5. The highest BCUT2D eigenvalue weighted by atomic mass is 15.6. The Bertz CT molecular complexity index is 805. The zero-order valence-corrected chi connectivity index (χ0v) is 13.1. The van der Waals surface area contributed by atoms with E-state index in [9.17, 15) is 0 Å². The maximum atomic E-state index is 4.47. The monoisotopic (exact) mass is 309 g/mol. The predicted octanol–water partition coefficient (Wildman–Crippen LogP) is 1.15. The SMILES string of the molecule is Cc1ccccc1CN1CCN(c2ccc3nnnn3n2)CC1. The minimum absolute atomic E-state index is 0.673. The van der Waals surface area contributed by atoms with Crippen molar-refractivity contribution in [3.05, 3.63) is 47.5 Å². The lowest BCUT2D eigenvalue weighted by Crippen LogP contribution is -2.46. The molecule has 1 saturated heterocycles. The molecule has 3 heterocycles. The molecule has 3 aromatic rings. The Morgan fingerprint density at radius 2 is 1.83 bits per heavy atom. The van der Waals surface area contributed by atoms with E-state index in [1.165, 1.54) is 15.8 Å². The van der Waals surface area contributed by atoms with Crippen molar-refractivity contribution in [3.8, 4) is 0 Å². The Kier molecular flexibility index (Phi) is 3.63. The molecule has 0 amide bonds. The van der Waals surface area contributed by atoms with Crippen molar-refractivity contribution in [2.45, 2.75) is 13.5 Å². The molecule has 0 N–H and O–H groups in total. The highest BCUT2D eigenvalue weighted by Crippen LogP contribution is 2.16. The Labute approximate surface area is 134 Å². The average Bonchev–Trinajstić information content (AvgIpc) is 3.05. The summed E-state index contributed by atoms with van der Waals surface area (Å²) in [5, 5.41) is 15.8. The molecule has 4 rings (SSSR count). The van der Waals surface area contributed by atoms with Gasteiger partial charge >= 0.3 is 0 Å². The molecule has 0 saturated carbocycles. The smallest absolute Gasteiger partial charge is 0.200 e. The largest absolute Gasteiger partial charge is 0.353 e. The van der Waals surface area contributed by atoms with Crippen LogP contribution in [0, 0.1) is 6.92 Å². The van der Waals surface area contributed by atoms with Crippen LogP contribution in [0.4, 0.5) is 5.82 Å². The maximum absolute atomic E-state index is 4.47. The highest BCUT2D eigenvalue weighted by molar-refractivity contribution is 5.44. The van der Waals surface area contributed by atoms with Crippen LogP contribution in [-0.4, -0.2) is 56.3 Å². The number of fused-ring (bicyclic) bond motifs is 1. The number of anilines is 1. The van der Waals surface area contributed by atoms with Crippen molar-refractivity contribution < 1.29 is 0 Å². The first-order chi connectivity index (χ1) is 11.3. The van der Waals surface area contributed by atoms with Crippen LogP contribution < -0.4 is 4.90 Å². The summed E-state index contributed by atoms with van der Waals surface area (Å²) in [5.74, 6) is 0.931. The fourth-order valence-corrected chi connectivity index (χ4v) is 2.97. The van der Waals surface area contributed by atoms with Crippen LogP contribution in [-0.2, 0) is 6.54 Å². The molecule has 0 radical (unpaired) electrons. The van der Waals surface area contributed by atoms with Crippen LogP contribution in [0.1, 0.15) is 11.1 Å². The van der Waals surface area contributed by atoms with Gasteiger partial charge < -0.3 is 4.90 Å². The van der Waals surface area contributed by atoms with Crippen molar-refractivity contribution in [1.82, 2.24) is 30.2 Å². The molecule has 118 valence electrons. The van der Waals surface area contributed by atoms with Crippen molar-refractivity contribution in [3.63, 3.8) is 0 Å². The molecule has 7 nitrogen and oxygen atoms in total. The number of aryl methyl sites for hydroxylation is 1. The minimum atomic E-state index is 0.673. The Balaban J connectivity index is 1.41. The van der Waals surface area contributed by atoms with Gasteiger partial charge in [-0.15, -0.1) is 14.8 Å². The van der Waals surface area contributed by atoms with Gasteiger partial charge in [-0.05, 0) is 40.6 Å². The average molecular weight is 309 g/mol. The Morgan fingerprint density at radius 3 is 2.65 bits per heavy atom. The van der Waals surface area contributed by atoms with Crippen LogP contribution in [0.5, 0.6) is 0 Å². The van der Waals surface area contributed by atoms with E-state index in [1.807, 2.05) is 12.1 Å². The lowest BCUT2D eigenvalue weighted by atomic mass is 10.1. The first kappa shape index (κ1) is 14.1. The number of aromatic nitrogens is 5. The van der Waals surface area contributed by atoms with Crippen LogP contribution in [0.2, 0.25) is 0 Å². The van der Waals surface area contributed by atoms with E-state index in [2.05, 4.69) is 61.6 Å². The molecule has 0 unspecified atom stereocenters. The zero-order chi connectivity index (χ0) is 15.6. The molecule has 0 bridgehead atoms. The molecule has 1 aliphatic rings.